The van der Waals surface area contributed by atoms with Gasteiger partial charge >= 0.3 is 0 Å². The maximum atomic E-state index is 5.89. The average molecular weight is 180 g/mol. The molecule has 0 aliphatic heterocycles. The lowest BCUT2D eigenvalue weighted by molar-refractivity contribution is 0.847. The number of halogens is 1. The number of nitrogens with zero attached hydrogens (tertiary/aromatic N) is 3. The smallest absolute Gasteiger partial charge is 0.172 e. The molecule has 0 aromatic carbocycles. The van der Waals surface area contributed by atoms with Gasteiger partial charge < -0.3 is 0 Å². The number of pyridine rings is 1. The van der Waals surface area contributed by atoms with Crippen molar-refractivity contribution in [2.45, 2.75) is 0 Å². The van der Waals surface area contributed by atoms with Gasteiger partial charge in [-0.25, -0.2) is 9.67 Å². The molecule has 0 N–H and O–H groups in total. The third kappa shape index (κ3) is 1.19. The van der Waals surface area contributed by atoms with Gasteiger partial charge in [0.05, 0.1) is 5.02 Å². The highest BCUT2D eigenvalue weighted by Gasteiger charge is 2.01. The van der Waals surface area contributed by atoms with Crippen LogP contribution in [0.1, 0.15) is 0 Å². The SMILES string of the molecule is Clc1cccnc1-n1cccn1. The zero-order valence-electron chi connectivity index (χ0n) is 6.18. The Kier molecular flexibility index (Phi) is 1.80. The second-order valence-electron chi connectivity index (χ2n) is 2.26. The van der Waals surface area contributed by atoms with E-state index in [-0.39, 0.29) is 0 Å². The van der Waals surface area contributed by atoms with Gasteiger partial charge in [-0.15, -0.1) is 0 Å². The fraction of sp³-hybridized carbons (Fsp3) is 0. The predicted octanol–water partition coefficient (Wildman–Crippen LogP) is 1.92. The Balaban J connectivity index is 2.55. The summed E-state index contributed by atoms with van der Waals surface area (Å²) in [7, 11) is 0. The molecule has 0 aliphatic carbocycles. The van der Waals surface area contributed by atoms with Crippen LogP contribution in [0.3, 0.4) is 0 Å². The van der Waals surface area contributed by atoms with Crippen molar-refractivity contribution in [1.82, 2.24) is 14.8 Å². The van der Waals surface area contributed by atoms with Gasteiger partial charge in [-0.05, 0) is 18.2 Å². The molecule has 0 amide bonds. The number of hydrogen-bond acceptors (Lipinski definition) is 2. The standard InChI is InChI=1S/C8H6ClN3/c9-7-3-1-4-10-8(7)12-6-2-5-11-12/h1-6H. The van der Waals surface area contributed by atoms with E-state index < -0.39 is 0 Å². The summed E-state index contributed by atoms with van der Waals surface area (Å²) in [6.45, 7) is 0. The molecular weight excluding hydrogens is 174 g/mol. The largest absolute Gasteiger partial charge is 0.236 e. The third-order valence-electron chi connectivity index (χ3n) is 1.46. The van der Waals surface area contributed by atoms with E-state index in [0.717, 1.165) is 0 Å². The molecule has 0 aliphatic rings. The van der Waals surface area contributed by atoms with Crippen molar-refractivity contribution >= 4 is 11.6 Å². The Morgan fingerprint density at radius 1 is 1.25 bits per heavy atom. The van der Waals surface area contributed by atoms with Crippen LogP contribution >= 0.6 is 11.6 Å². The van der Waals surface area contributed by atoms with Crippen molar-refractivity contribution in [1.29, 1.82) is 0 Å². The van der Waals surface area contributed by atoms with E-state index in [1.165, 1.54) is 0 Å². The van der Waals surface area contributed by atoms with Gasteiger partial charge in [0.25, 0.3) is 0 Å². The van der Waals surface area contributed by atoms with E-state index in [1.54, 1.807) is 35.4 Å². The van der Waals surface area contributed by atoms with Crippen LogP contribution in [-0.2, 0) is 0 Å². The molecule has 0 radical (unpaired) electrons. The topological polar surface area (TPSA) is 30.7 Å². The van der Waals surface area contributed by atoms with Crippen molar-refractivity contribution in [3.05, 3.63) is 41.8 Å². The first-order valence-corrected chi connectivity index (χ1v) is 3.86. The van der Waals surface area contributed by atoms with Crippen LogP contribution in [-0.4, -0.2) is 14.8 Å². The maximum Gasteiger partial charge on any atom is 0.172 e. The monoisotopic (exact) mass is 179 g/mol. The van der Waals surface area contributed by atoms with Crippen LogP contribution in [0.2, 0.25) is 5.02 Å². The molecule has 4 heteroatoms. The number of rotatable bonds is 1. The normalized spacial score (nSPS) is 10.1. The van der Waals surface area contributed by atoms with E-state index in [9.17, 15) is 0 Å². The molecule has 0 bridgehead atoms. The molecule has 0 spiro atoms. The van der Waals surface area contributed by atoms with Gasteiger partial charge in [0.1, 0.15) is 0 Å². The summed E-state index contributed by atoms with van der Waals surface area (Å²) in [5.74, 6) is 0.657. The molecule has 0 unspecified atom stereocenters. The fourth-order valence-electron chi connectivity index (χ4n) is 0.940. The molecule has 60 valence electrons. The van der Waals surface area contributed by atoms with Gasteiger partial charge in [0, 0.05) is 18.6 Å². The van der Waals surface area contributed by atoms with Gasteiger partial charge in [0.15, 0.2) is 5.82 Å². The molecule has 2 heterocycles. The molecule has 0 saturated heterocycles. The summed E-state index contributed by atoms with van der Waals surface area (Å²) in [5.41, 5.74) is 0. The minimum Gasteiger partial charge on any atom is -0.236 e. The molecule has 2 aromatic rings. The van der Waals surface area contributed by atoms with Crippen molar-refractivity contribution in [2.75, 3.05) is 0 Å². The molecule has 2 aromatic heterocycles. The van der Waals surface area contributed by atoms with Crippen molar-refractivity contribution in [2.24, 2.45) is 0 Å². The average Bonchev–Trinajstić information content (AvgIpc) is 2.57. The zero-order chi connectivity index (χ0) is 8.39. The van der Waals surface area contributed by atoms with Crippen LogP contribution < -0.4 is 0 Å². The Labute approximate surface area is 74.6 Å². The first kappa shape index (κ1) is 7.31. The van der Waals surface area contributed by atoms with Crippen molar-refractivity contribution < 1.29 is 0 Å². The Morgan fingerprint density at radius 2 is 2.17 bits per heavy atom. The van der Waals surface area contributed by atoms with Crippen LogP contribution in [0.15, 0.2) is 36.8 Å². The molecule has 3 nitrogen and oxygen atoms in total. The van der Waals surface area contributed by atoms with E-state index in [4.69, 9.17) is 11.6 Å². The van der Waals surface area contributed by atoms with Gasteiger partial charge in [-0.3, -0.25) is 0 Å². The Hall–Kier alpha value is -1.35. The molecule has 12 heavy (non-hydrogen) atoms. The van der Waals surface area contributed by atoms with E-state index in [0.29, 0.717) is 10.8 Å². The fourth-order valence-corrected chi connectivity index (χ4v) is 1.15. The summed E-state index contributed by atoms with van der Waals surface area (Å²) in [6, 6.07) is 5.39. The van der Waals surface area contributed by atoms with Gasteiger partial charge in [-0.1, -0.05) is 11.6 Å². The van der Waals surface area contributed by atoms with Crippen molar-refractivity contribution in [3.63, 3.8) is 0 Å². The maximum absolute atomic E-state index is 5.89. The molecule has 0 saturated carbocycles. The highest BCUT2D eigenvalue weighted by molar-refractivity contribution is 6.32. The zero-order valence-corrected chi connectivity index (χ0v) is 6.94. The summed E-state index contributed by atoms with van der Waals surface area (Å²) < 4.78 is 1.63. The lowest BCUT2D eigenvalue weighted by Crippen LogP contribution is -1.97. The molecule has 2 rings (SSSR count). The highest BCUT2D eigenvalue weighted by atomic mass is 35.5. The first-order chi connectivity index (χ1) is 5.88. The quantitative estimate of drug-likeness (QED) is 0.670. The summed E-state index contributed by atoms with van der Waals surface area (Å²) in [6.07, 6.45) is 5.17. The third-order valence-corrected chi connectivity index (χ3v) is 1.76. The Bertz CT molecular complexity index is 370. The lowest BCUT2D eigenvalue weighted by atomic mass is 10.4. The van der Waals surface area contributed by atoms with Crippen LogP contribution in [0, 0.1) is 0 Å². The summed E-state index contributed by atoms with van der Waals surface area (Å²) in [5, 5.41) is 4.62. The Morgan fingerprint density at radius 3 is 2.83 bits per heavy atom. The first-order valence-electron chi connectivity index (χ1n) is 3.48. The van der Waals surface area contributed by atoms with Gasteiger partial charge in [0.2, 0.25) is 0 Å². The number of hydrogen-bond donors (Lipinski definition) is 0. The van der Waals surface area contributed by atoms with Crippen LogP contribution in [0.25, 0.3) is 5.82 Å². The van der Waals surface area contributed by atoms with E-state index in [2.05, 4.69) is 10.1 Å². The minimum absolute atomic E-state index is 0.598. The van der Waals surface area contributed by atoms with E-state index >= 15 is 0 Å². The van der Waals surface area contributed by atoms with Crippen LogP contribution in [0.5, 0.6) is 0 Å². The minimum atomic E-state index is 0.598. The lowest BCUT2D eigenvalue weighted by Gasteiger charge is -2.00. The predicted molar refractivity (Wildman–Crippen MR) is 46.4 cm³/mol. The van der Waals surface area contributed by atoms with Crippen LogP contribution in [0.4, 0.5) is 0 Å². The van der Waals surface area contributed by atoms with Crippen molar-refractivity contribution in [3.8, 4) is 5.82 Å². The summed E-state index contributed by atoms with van der Waals surface area (Å²) >= 11 is 5.89. The highest BCUT2D eigenvalue weighted by Crippen LogP contribution is 2.15. The summed E-state index contributed by atoms with van der Waals surface area (Å²) in [4.78, 5) is 4.09. The van der Waals surface area contributed by atoms with E-state index in [1.807, 2.05) is 6.07 Å². The molecule has 0 atom stereocenters. The second-order valence-corrected chi connectivity index (χ2v) is 2.67. The number of aromatic nitrogens is 3. The van der Waals surface area contributed by atoms with Gasteiger partial charge in [-0.2, -0.15) is 5.10 Å². The second kappa shape index (κ2) is 2.95. The molecular formula is C8H6ClN3. The molecule has 0 fully saturated rings.